The van der Waals surface area contributed by atoms with Crippen molar-refractivity contribution in [3.8, 4) is 0 Å². The summed E-state index contributed by atoms with van der Waals surface area (Å²) in [6.45, 7) is 1.57. The molecular weight excluding hydrogens is 276 g/mol. The molecule has 2 aromatic rings. The van der Waals surface area contributed by atoms with Gasteiger partial charge in [0.1, 0.15) is 6.04 Å². The minimum atomic E-state index is -0.675. The summed E-state index contributed by atoms with van der Waals surface area (Å²) >= 11 is 0. The Kier molecular flexibility index (Phi) is 3.88. The molecule has 0 spiro atoms. The van der Waals surface area contributed by atoms with Crippen LogP contribution >= 0.6 is 0 Å². The number of likely N-dealkylation sites (N-methyl/N-ethyl adjacent to an activating group) is 1. The zero-order valence-electron chi connectivity index (χ0n) is 11.5. The number of hydrogen-bond acceptors (Lipinski definition) is 4. The van der Waals surface area contributed by atoms with E-state index in [1.807, 2.05) is 0 Å². The number of nitro groups is 1. The zero-order valence-corrected chi connectivity index (χ0v) is 11.5. The summed E-state index contributed by atoms with van der Waals surface area (Å²) in [4.78, 5) is 36.5. The van der Waals surface area contributed by atoms with Gasteiger partial charge in [-0.05, 0) is 13.0 Å². The quantitative estimate of drug-likeness (QED) is 0.573. The van der Waals surface area contributed by atoms with E-state index in [0.29, 0.717) is 16.5 Å². The number of nitrogens with one attached hydrogen (secondary N) is 3. The van der Waals surface area contributed by atoms with Gasteiger partial charge in [-0.25, -0.2) is 0 Å². The summed E-state index contributed by atoms with van der Waals surface area (Å²) < 4.78 is 0. The molecule has 8 heteroatoms. The number of hydrogen-bond donors (Lipinski definition) is 3. The van der Waals surface area contributed by atoms with Crippen molar-refractivity contribution in [2.24, 2.45) is 0 Å². The van der Waals surface area contributed by atoms with Gasteiger partial charge in [-0.3, -0.25) is 19.7 Å². The normalized spacial score (nSPS) is 11.9. The van der Waals surface area contributed by atoms with E-state index in [0.717, 1.165) is 0 Å². The molecule has 1 atom stereocenters. The first-order valence-electron chi connectivity index (χ1n) is 6.22. The van der Waals surface area contributed by atoms with Gasteiger partial charge in [-0.1, -0.05) is 0 Å². The molecule has 0 aliphatic carbocycles. The molecule has 2 rings (SSSR count). The summed E-state index contributed by atoms with van der Waals surface area (Å²) in [5, 5.41) is 16.3. The lowest BCUT2D eigenvalue weighted by Gasteiger charge is -2.11. The largest absolute Gasteiger partial charge is 0.360 e. The molecule has 0 fully saturated rings. The molecule has 1 aromatic carbocycles. The Morgan fingerprint density at radius 1 is 1.38 bits per heavy atom. The smallest absolute Gasteiger partial charge is 0.271 e. The highest BCUT2D eigenvalue weighted by Gasteiger charge is 2.19. The highest BCUT2D eigenvalue weighted by Crippen LogP contribution is 2.23. The second-order valence-corrected chi connectivity index (χ2v) is 4.50. The molecule has 0 bridgehead atoms. The second kappa shape index (κ2) is 5.61. The van der Waals surface area contributed by atoms with Crippen molar-refractivity contribution in [2.45, 2.75) is 13.0 Å². The van der Waals surface area contributed by atoms with Crippen LogP contribution in [0.25, 0.3) is 10.9 Å². The molecule has 3 N–H and O–H groups in total. The fourth-order valence-electron chi connectivity index (χ4n) is 1.97. The summed E-state index contributed by atoms with van der Waals surface area (Å²) in [6, 6.07) is 3.51. The Morgan fingerprint density at radius 2 is 2.10 bits per heavy atom. The van der Waals surface area contributed by atoms with Crippen molar-refractivity contribution in [3.05, 3.63) is 40.1 Å². The number of fused-ring (bicyclic) bond motifs is 1. The summed E-state index contributed by atoms with van der Waals surface area (Å²) in [7, 11) is 1.48. The van der Waals surface area contributed by atoms with E-state index in [4.69, 9.17) is 0 Å². The number of amides is 2. The number of nitrogens with zero attached hydrogens (tertiary/aromatic N) is 1. The standard InChI is InChI=1S/C13H14N4O4/c1-7(12(18)14-2)16-13(19)10-6-15-11-5-8(17(20)21)3-4-9(10)11/h3-7,15H,1-2H3,(H,14,18)(H,16,19). The zero-order chi connectivity index (χ0) is 15.6. The van der Waals surface area contributed by atoms with Crippen LogP contribution < -0.4 is 10.6 Å². The first kappa shape index (κ1) is 14.5. The number of carbonyl (C=O) groups excluding carboxylic acids is 2. The SMILES string of the molecule is CNC(=O)C(C)NC(=O)c1c[nH]c2cc([N+](=O)[O-])ccc12. The number of benzene rings is 1. The molecule has 1 aromatic heterocycles. The Morgan fingerprint density at radius 3 is 2.71 bits per heavy atom. The van der Waals surface area contributed by atoms with Crippen molar-refractivity contribution in [1.82, 2.24) is 15.6 Å². The Bertz CT molecular complexity index is 722. The first-order chi connectivity index (χ1) is 9.93. The molecule has 0 aliphatic rings. The van der Waals surface area contributed by atoms with E-state index < -0.39 is 16.9 Å². The van der Waals surface area contributed by atoms with Gasteiger partial charge in [-0.2, -0.15) is 0 Å². The monoisotopic (exact) mass is 290 g/mol. The molecule has 21 heavy (non-hydrogen) atoms. The molecule has 0 aliphatic heterocycles. The number of aromatic nitrogens is 1. The minimum Gasteiger partial charge on any atom is -0.360 e. The number of rotatable bonds is 4. The lowest BCUT2D eigenvalue weighted by Crippen LogP contribution is -2.43. The fourth-order valence-corrected chi connectivity index (χ4v) is 1.97. The molecule has 2 amide bonds. The van der Waals surface area contributed by atoms with Crippen molar-refractivity contribution in [1.29, 1.82) is 0 Å². The molecule has 8 nitrogen and oxygen atoms in total. The van der Waals surface area contributed by atoms with Gasteiger partial charge in [0.25, 0.3) is 11.6 Å². The Labute approximate surface area is 119 Å². The molecule has 110 valence electrons. The third kappa shape index (κ3) is 2.83. The van der Waals surface area contributed by atoms with Gasteiger partial charge in [0.05, 0.1) is 16.0 Å². The lowest BCUT2D eigenvalue weighted by molar-refractivity contribution is -0.384. The summed E-state index contributed by atoms with van der Waals surface area (Å²) in [5.74, 6) is -0.731. The van der Waals surface area contributed by atoms with Crippen LogP contribution in [0, 0.1) is 10.1 Å². The molecule has 0 saturated heterocycles. The number of H-pyrrole nitrogens is 1. The average Bonchev–Trinajstić information content (AvgIpc) is 2.89. The van der Waals surface area contributed by atoms with Crippen molar-refractivity contribution < 1.29 is 14.5 Å². The van der Waals surface area contributed by atoms with E-state index in [1.165, 1.54) is 31.4 Å². The van der Waals surface area contributed by atoms with Crippen molar-refractivity contribution in [3.63, 3.8) is 0 Å². The first-order valence-corrected chi connectivity index (χ1v) is 6.22. The summed E-state index contributed by atoms with van der Waals surface area (Å²) in [5.41, 5.74) is 0.757. The molecule has 1 heterocycles. The maximum absolute atomic E-state index is 12.1. The van der Waals surface area contributed by atoms with E-state index in [9.17, 15) is 19.7 Å². The van der Waals surface area contributed by atoms with Gasteiger partial charge in [0.2, 0.25) is 5.91 Å². The fraction of sp³-hybridized carbons (Fsp3) is 0.231. The molecule has 1 unspecified atom stereocenters. The highest BCUT2D eigenvalue weighted by atomic mass is 16.6. The van der Waals surface area contributed by atoms with E-state index in [2.05, 4.69) is 15.6 Å². The molecule has 0 saturated carbocycles. The van der Waals surface area contributed by atoms with E-state index >= 15 is 0 Å². The van der Waals surface area contributed by atoms with Crippen LogP contribution in [0.4, 0.5) is 5.69 Å². The number of carbonyl (C=O) groups is 2. The highest BCUT2D eigenvalue weighted by molar-refractivity contribution is 6.08. The predicted octanol–water partition coefficient (Wildman–Crippen LogP) is 0.940. The molecule has 0 radical (unpaired) electrons. The third-order valence-corrected chi connectivity index (χ3v) is 3.11. The van der Waals surface area contributed by atoms with Gasteiger partial charge >= 0.3 is 0 Å². The Hall–Kier alpha value is -2.90. The maximum atomic E-state index is 12.1. The number of aromatic amines is 1. The van der Waals surface area contributed by atoms with Gasteiger partial charge in [-0.15, -0.1) is 0 Å². The van der Waals surface area contributed by atoms with Crippen LogP contribution in [0.3, 0.4) is 0 Å². The van der Waals surface area contributed by atoms with Gasteiger partial charge < -0.3 is 15.6 Å². The third-order valence-electron chi connectivity index (χ3n) is 3.11. The van der Waals surface area contributed by atoms with Gasteiger partial charge in [0, 0.05) is 30.8 Å². The average molecular weight is 290 g/mol. The predicted molar refractivity (Wildman–Crippen MR) is 75.9 cm³/mol. The van der Waals surface area contributed by atoms with Crippen LogP contribution in [0.1, 0.15) is 17.3 Å². The second-order valence-electron chi connectivity index (χ2n) is 4.50. The van der Waals surface area contributed by atoms with Crippen LogP contribution in [0.5, 0.6) is 0 Å². The van der Waals surface area contributed by atoms with Gasteiger partial charge in [0.15, 0.2) is 0 Å². The van der Waals surface area contributed by atoms with Crippen molar-refractivity contribution in [2.75, 3.05) is 7.05 Å². The van der Waals surface area contributed by atoms with Crippen molar-refractivity contribution >= 4 is 28.4 Å². The van der Waals surface area contributed by atoms with Crippen LogP contribution in [0.2, 0.25) is 0 Å². The number of non-ortho nitro benzene ring substituents is 1. The van der Waals surface area contributed by atoms with Crippen LogP contribution in [-0.4, -0.2) is 34.8 Å². The van der Waals surface area contributed by atoms with E-state index in [1.54, 1.807) is 6.92 Å². The topological polar surface area (TPSA) is 117 Å². The summed E-state index contributed by atoms with van der Waals surface area (Å²) in [6.07, 6.45) is 1.46. The number of nitro benzene ring substituents is 1. The lowest BCUT2D eigenvalue weighted by atomic mass is 10.1. The Balaban J connectivity index is 2.28. The maximum Gasteiger partial charge on any atom is 0.271 e. The van der Waals surface area contributed by atoms with Crippen LogP contribution in [-0.2, 0) is 4.79 Å². The minimum absolute atomic E-state index is 0.0602. The molecular formula is C13H14N4O4. The van der Waals surface area contributed by atoms with E-state index in [-0.39, 0.29) is 11.6 Å². The van der Waals surface area contributed by atoms with Crippen LogP contribution in [0.15, 0.2) is 24.4 Å².